The fourth-order valence-electron chi connectivity index (χ4n) is 2.83. The van der Waals surface area contributed by atoms with Gasteiger partial charge in [0.05, 0.1) is 10.8 Å². The third-order valence-electron chi connectivity index (χ3n) is 4.43. The van der Waals surface area contributed by atoms with E-state index in [1.54, 1.807) is 24.3 Å². The number of amides is 1. The Morgan fingerprint density at radius 1 is 1.23 bits per heavy atom. The lowest BCUT2D eigenvalue weighted by Gasteiger charge is -2.27. The summed E-state index contributed by atoms with van der Waals surface area (Å²) in [6.07, 6.45) is 3.83. The Kier molecular flexibility index (Phi) is 4.56. The van der Waals surface area contributed by atoms with E-state index in [1.807, 2.05) is 0 Å². The molecule has 1 aromatic rings. The maximum atomic E-state index is 12.7. The normalized spacial score (nSPS) is 23.2. The smallest absolute Gasteiger partial charge is 0.244 e. The second-order valence-corrected chi connectivity index (χ2v) is 8.68. The third kappa shape index (κ3) is 3.07. The monoisotopic (exact) mass is 386 g/mol. The van der Waals surface area contributed by atoms with Crippen LogP contribution in [-0.4, -0.2) is 37.8 Å². The quantitative estimate of drug-likeness (QED) is 0.861. The predicted octanol–water partition coefficient (Wildman–Crippen LogP) is 2.13. The minimum Gasteiger partial charge on any atom is -0.353 e. The zero-order valence-electron chi connectivity index (χ0n) is 12.2. The molecule has 0 spiro atoms. The van der Waals surface area contributed by atoms with Crippen molar-refractivity contribution in [2.24, 2.45) is 5.92 Å². The zero-order chi connectivity index (χ0) is 15.7. The fourth-order valence-corrected chi connectivity index (χ4v) is 5.29. The van der Waals surface area contributed by atoms with Gasteiger partial charge in [0.2, 0.25) is 15.9 Å². The highest BCUT2D eigenvalue weighted by atomic mass is 79.9. The van der Waals surface area contributed by atoms with Crippen LogP contribution in [0.25, 0.3) is 0 Å². The van der Waals surface area contributed by atoms with E-state index in [0.29, 0.717) is 23.5 Å². The Hall–Kier alpha value is -0.920. The number of nitrogens with one attached hydrogen (secondary N) is 1. The van der Waals surface area contributed by atoms with Gasteiger partial charge in [-0.25, -0.2) is 8.42 Å². The topological polar surface area (TPSA) is 66.5 Å². The third-order valence-corrected chi connectivity index (χ3v) is 7.31. The van der Waals surface area contributed by atoms with Crippen LogP contribution >= 0.6 is 15.9 Å². The van der Waals surface area contributed by atoms with Gasteiger partial charge < -0.3 is 5.32 Å². The fraction of sp³-hybridized carbons (Fsp3) is 0.533. The Morgan fingerprint density at radius 3 is 2.59 bits per heavy atom. The van der Waals surface area contributed by atoms with Crippen molar-refractivity contribution in [3.63, 3.8) is 0 Å². The van der Waals surface area contributed by atoms with E-state index in [4.69, 9.17) is 0 Å². The first kappa shape index (κ1) is 16.0. The van der Waals surface area contributed by atoms with Crippen LogP contribution in [0.4, 0.5) is 0 Å². The van der Waals surface area contributed by atoms with Crippen molar-refractivity contribution in [3.05, 3.63) is 28.7 Å². The van der Waals surface area contributed by atoms with Gasteiger partial charge in [-0.05, 0) is 53.7 Å². The zero-order valence-corrected chi connectivity index (χ0v) is 14.6. The molecule has 22 heavy (non-hydrogen) atoms. The average molecular weight is 387 g/mol. The molecule has 2 aliphatic rings. The lowest BCUT2D eigenvalue weighted by Crippen LogP contribution is -2.43. The maximum absolute atomic E-state index is 12.7. The van der Waals surface area contributed by atoms with E-state index in [9.17, 15) is 13.2 Å². The van der Waals surface area contributed by atoms with Gasteiger partial charge in [0.1, 0.15) is 0 Å². The van der Waals surface area contributed by atoms with Crippen molar-refractivity contribution >= 4 is 31.9 Å². The summed E-state index contributed by atoms with van der Waals surface area (Å²) in [7, 11) is -3.55. The second kappa shape index (κ2) is 6.29. The van der Waals surface area contributed by atoms with Gasteiger partial charge in [0.15, 0.2) is 0 Å². The van der Waals surface area contributed by atoms with E-state index in [2.05, 4.69) is 21.2 Å². The van der Waals surface area contributed by atoms with E-state index in [-0.39, 0.29) is 23.3 Å². The molecule has 1 aliphatic carbocycles. The van der Waals surface area contributed by atoms with E-state index in [1.165, 1.54) is 4.31 Å². The number of benzene rings is 1. The van der Waals surface area contributed by atoms with E-state index in [0.717, 1.165) is 19.3 Å². The number of sulfonamides is 1. The maximum Gasteiger partial charge on any atom is 0.244 e. The van der Waals surface area contributed by atoms with Crippen molar-refractivity contribution in [2.75, 3.05) is 13.1 Å². The second-order valence-electron chi connectivity index (χ2n) is 5.92. The standard InChI is InChI=1S/C15H19BrN2O3S/c16-13-6-1-2-7-14(13)22(20,21)18-9-8-11(10-18)15(19)17-12-4-3-5-12/h1-2,6-7,11-12H,3-5,8-10H2,(H,17,19). The van der Waals surface area contributed by atoms with Crippen molar-refractivity contribution < 1.29 is 13.2 Å². The van der Waals surface area contributed by atoms with E-state index < -0.39 is 10.0 Å². The van der Waals surface area contributed by atoms with E-state index >= 15 is 0 Å². The molecule has 5 nitrogen and oxygen atoms in total. The summed E-state index contributed by atoms with van der Waals surface area (Å²) >= 11 is 3.29. The molecule has 1 aromatic carbocycles. The molecular weight excluding hydrogens is 368 g/mol. The summed E-state index contributed by atoms with van der Waals surface area (Å²) in [5, 5.41) is 3.01. The molecule has 1 atom stereocenters. The Bertz CT molecular complexity index is 673. The molecule has 1 unspecified atom stereocenters. The molecule has 1 amide bonds. The van der Waals surface area contributed by atoms with Gasteiger partial charge in [-0.3, -0.25) is 4.79 Å². The Balaban J connectivity index is 1.69. The van der Waals surface area contributed by atoms with Gasteiger partial charge in [-0.1, -0.05) is 12.1 Å². The minimum absolute atomic E-state index is 0.00507. The first-order valence-corrected chi connectivity index (χ1v) is 9.77. The Morgan fingerprint density at radius 2 is 1.95 bits per heavy atom. The highest BCUT2D eigenvalue weighted by Crippen LogP contribution is 2.29. The van der Waals surface area contributed by atoms with Crippen LogP contribution in [0.2, 0.25) is 0 Å². The van der Waals surface area contributed by atoms with Crippen LogP contribution in [0.1, 0.15) is 25.7 Å². The van der Waals surface area contributed by atoms with Gasteiger partial charge in [-0.15, -0.1) is 0 Å². The average Bonchev–Trinajstić information content (AvgIpc) is 2.93. The molecule has 0 radical (unpaired) electrons. The number of hydrogen-bond donors (Lipinski definition) is 1. The molecule has 1 saturated carbocycles. The van der Waals surface area contributed by atoms with Gasteiger partial charge >= 0.3 is 0 Å². The molecule has 120 valence electrons. The molecule has 0 bridgehead atoms. The van der Waals surface area contributed by atoms with Crippen LogP contribution in [0.3, 0.4) is 0 Å². The molecule has 3 rings (SSSR count). The molecule has 1 saturated heterocycles. The Labute approximate surface area is 139 Å². The first-order valence-electron chi connectivity index (χ1n) is 7.53. The molecule has 1 heterocycles. The summed E-state index contributed by atoms with van der Waals surface area (Å²) in [5.41, 5.74) is 0. The van der Waals surface area contributed by atoms with Crippen molar-refractivity contribution in [3.8, 4) is 0 Å². The SMILES string of the molecule is O=C(NC1CCC1)C1CCN(S(=O)(=O)c2ccccc2Br)C1. The molecule has 1 aliphatic heterocycles. The molecular formula is C15H19BrN2O3S. The highest BCUT2D eigenvalue weighted by Gasteiger charge is 2.37. The number of nitrogens with zero attached hydrogens (tertiary/aromatic N) is 1. The lowest BCUT2D eigenvalue weighted by molar-refractivity contribution is -0.125. The van der Waals surface area contributed by atoms with Crippen molar-refractivity contribution in [1.29, 1.82) is 0 Å². The number of carbonyl (C=O) groups is 1. The number of hydrogen-bond acceptors (Lipinski definition) is 3. The number of halogens is 1. The predicted molar refractivity (Wildman–Crippen MR) is 86.8 cm³/mol. The largest absolute Gasteiger partial charge is 0.353 e. The first-order chi connectivity index (χ1) is 10.5. The van der Waals surface area contributed by atoms with Crippen LogP contribution in [0, 0.1) is 5.92 Å². The van der Waals surface area contributed by atoms with Crippen molar-refractivity contribution in [1.82, 2.24) is 9.62 Å². The van der Waals surface area contributed by atoms with Crippen LogP contribution in [0.15, 0.2) is 33.6 Å². The lowest BCUT2D eigenvalue weighted by atomic mass is 9.92. The van der Waals surface area contributed by atoms with Crippen molar-refractivity contribution in [2.45, 2.75) is 36.6 Å². The molecule has 0 aromatic heterocycles. The molecule has 1 N–H and O–H groups in total. The number of carbonyl (C=O) groups excluding carboxylic acids is 1. The summed E-state index contributed by atoms with van der Waals surface area (Å²) in [5.74, 6) is -0.243. The summed E-state index contributed by atoms with van der Waals surface area (Å²) < 4.78 is 27.3. The number of rotatable bonds is 4. The minimum atomic E-state index is -3.55. The summed E-state index contributed by atoms with van der Waals surface area (Å²) in [6.45, 7) is 0.661. The molecule has 7 heteroatoms. The van der Waals surface area contributed by atoms with Gasteiger partial charge in [0.25, 0.3) is 0 Å². The summed E-state index contributed by atoms with van der Waals surface area (Å²) in [4.78, 5) is 12.4. The highest BCUT2D eigenvalue weighted by molar-refractivity contribution is 9.10. The molecule has 2 fully saturated rings. The summed E-state index contributed by atoms with van der Waals surface area (Å²) in [6, 6.07) is 7.07. The van der Waals surface area contributed by atoms with Gasteiger partial charge in [0, 0.05) is 23.6 Å². The van der Waals surface area contributed by atoms with Crippen LogP contribution in [-0.2, 0) is 14.8 Å². The van der Waals surface area contributed by atoms with Gasteiger partial charge in [-0.2, -0.15) is 4.31 Å². The van der Waals surface area contributed by atoms with Crippen LogP contribution < -0.4 is 5.32 Å². The van der Waals surface area contributed by atoms with Crippen LogP contribution in [0.5, 0.6) is 0 Å².